The number of imidazole rings is 1. The highest BCUT2D eigenvalue weighted by Gasteiger charge is 2.37. The van der Waals surface area contributed by atoms with Crippen molar-refractivity contribution in [1.82, 2.24) is 15.0 Å². The number of aromatic amines is 1. The molecule has 0 fully saturated rings. The summed E-state index contributed by atoms with van der Waals surface area (Å²) in [5.74, 6) is -1.31. The maximum absolute atomic E-state index is 12.8. The molecule has 0 radical (unpaired) electrons. The summed E-state index contributed by atoms with van der Waals surface area (Å²) in [7, 11) is 0. The number of aromatic nitrogens is 3. The van der Waals surface area contributed by atoms with Gasteiger partial charge in [-0.1, -0.05) is 0 Å². The second-order valence-electron chi connectivity index (χ2n) is 5.23. The standard InChI is InChI=1S/C15H8F6N4O/c16-14(17,18)8-3-7(4-9(5-8)15(19,20)21)12(26)25-13-23-10-1-2-22-6-11(10)24-13/h1-6H,(H2,23,24,25,26). The molecule has 0 aliphatic heterocycles. The molecule has 1 amide bonds. The Bertz CT molecular complexity index is 911. The fraction of sp³-hybridized carbons (Fsp3) is 0.133. The molecule has 26 heavy (non-hydrogen) atoms. The lowest BCUT2D eigenvalue weighted by Gasteiger charge is -2.13. The minimum absolute atomic E-state index is 0.0519. The average molecular weight is 374 g/mol. The molecule has 5 nitrogen and oxygen atoms in total. The second-order valence-corrected chi connectivity index (χ2v) is 5.23. The predicted molar refractivity (Wildman–Crippen MR) is 78.3 cm³/mol. The Morgan fingerprint density at radius 2 is 1.62 bits per heavy atom. The average Bonchev–Trinajstić information content (AvgIpc) is 2.95. The van der Waals surface area contributed by atoms with E-state index >= 15 is 0 Å². The normalized spacial score (nSPS) is 12.4. The van der Waals surface area contributed by atoms with Crippen LogP contribution in [0.25, 0.3) is 11.0 Å². The number of nitrogens with one attached hydrogen (secondary N) is 2. The van der Waals surface area contributed by atoms with Crippen molar-refractivity contribution in [3.63, 3.8) is 0 Å². The number of fused-ring (bicyclic) bond motifs is 1. The quantitative estimate of drug-likeness (QED) is 0.659. The van der Waals surface area contributed by atoms with Crippen molar-refractivity contribution in [2.75, 3.05) is 5.32 Å². The van der Waals surface area contributed by atoms with Crippen molar-refractivity contribution in [3.8, 4) is 0 Å². The molecule has 136 valence electrons. The third kappa shape index (κ3) is 3.60. The number of amides is 1. The van der Waals surface area contributed by atoms with Gasteiger partial charge in [-0.25, -0.2) is 4.98 Å². The number of nitrogens with zero attached hydrogens (tertiary/aromatic N) is 2. The zero-order chi connectivity index (χ0) is 19.1. The fourth-order valence-corrected chi connectivity index (χ4v) is 2.18. The Hall–Kier alpha value is -3.11. The van der Waals surface area contributed by atoms with Gasteiger partial charge in [-0.05, 0) is 24.3 Å². The molecule has 1 aromatic carbocycles. The molecule has 0 bridgehead atoms. The van der Waals surface area contributed by atoms with Gasteiger partial charge in [-0.2, -0.15) is 26.3 Å². The number of halogens is 6. The molecule has 2 N–H and O–H groups in total. The Morgan fingerprint density at radius 3 is 2.15 bits per heavy atom. The number of alkyl halides is 6. The largest absolute Gasteiger partial charge is 0.416 e. The molecule has 0 spiro atoms. The fourth-order valence-electron chi connectivity index (χ4n) is 2.18. The van der Waals surface area contributed by atoms with Crippen molar-refractivity contribution in [2.45, 2.75) is 12.4 Å². The van der Waals surface area contributed by atoms with Gasteiger partial charge in [0.2, 0.25) is 5.95 Å². The van der Waals surface area contributed by atoms with Crippen molar-refractivity contribution in [1.29, 1.82) is 0 Å². The van der Waals surface area contributed by atoms with Crippen LogP contribution < -0.4 is 5.32 Å². The van der Waals surface area contributed by atoms with E-state index in [4.69, 9.17) is 0 Å². The van der Waals surface area contributed by atoms with Gasteiger partial charge < -0.3 is 4.98 Å². The van der Waals surface area contributed by atoms with E-state index < -0.39 is 35.0 Å². The third-order valence-corrected chi connectivity index (χ3v) is 3.37. The minimum atomic E-state index is -5.04. The lowest BCUT2D eigenvalue weighted by Crippen LogP contribution is -2.17. The molecule has 0 atom stereocenters. The first-order chi connectivity index (χ1) is 12.0. The second kappa shape index (κ2) is 6.00. The summed E-state index contributed by atoms with van der Waals surface area (Å²) in [5, 5.41) is 2.14. The summed E-state index contributed by atoms with van der Waals surface area (Å²) < 4.78 is 77.0. The molecule has 0 saturated heterocycles. The molecule has 2 aromatic heterocycles. The number of benzene rings is 1. The SMILES string of the molecule is O=C(Nc1nc2ccncc2[nH]1)c1cc(C(F)(F)F)cc(C(F)(F)F)c1. The number of pyridine rings is 1. The van der Waals surface area contributed by atoms with Gasteiger partial charge in [0.1, 0.15) is 0 Å². The van der Waals surface area contributed by atoms with Crippen LogP contribution in [0.4, 0.5) is 32.3 Å². The topological polar surface area (TPSA) is 70.7 Å². The summed E-state index contributed by atoms with van der Waals surface area (Å²) in [5.41, 5.74) is -3.11. The van der Waals surface area contributed by atoms with Crippen molar-refractivity contribution in [2.24, 2.45) is 0 Å². The van der Waals surface area contributed by atoms with E-state index in [1.54, 1.807) is 0 Å². The predicted octanol–water partition coefficient (Wildman–Crippen LogP) is 4.25. The smallest absolute Gasteiger partial charge is 0.323 e. The lowest BCUT2D eigenvalue weighted by atomic mass is 10.0. The van der Waals surface area contributed by atoms with Crippen LogP contribution in [-0.4, -0.2) is 20.9 Å². The van der Waals surface area contributed by atoms with Gasteiger partial charge in [-0.3, -0.25) is 15.1 Å². The lowest BCUT2D eigenvalue weighted by molar-refractivity contribution is -0.143. The first-order valence-corrected chi connectivity index (χ1v) is 6.94. The first kappa shape index (κ1) is 17.7. The molecule has 0 saturated carbocycles. The monoisotopic (exact) mass is 374 g/mol. The number of carbonyl (C=O) groups is 1. The number of carbonyl (C=O) groups excluding carboxylic acids is 1. The molecule has 11 heteroatoms. The summed E-state index contributed by atoms with van der Waals surface area (Å²) >= 11 is 0. The Balaban J connectivity index is 1.97. The van der Waals surface area contributed by atoms with Crippen LogP contribution in [0.1, 0.15) is 21.5 Å². The van der Waals surface area contributed by atoms with E-state index in [1.165, 1.54) is 18.5 Å². The van der Waals surface area contributed by atoms with Crippen LogP contribution in [0.3, 0.4) is 0 Å². The van der Waals surface area contributed by atoms with E-state index in [2.05, 4.69) is 20.3 Å². The van der Waals surface area contributed by atoms with Crippen LogP contribution in [0, 0.1) is 0 Å². The van der Waals surface area contributed by atoms with Crippen molar-refractivity contribution in [3.05, 3.63) is 53.3 Å². The van der Waals surface area contributed by atoms with Gasteiger partial charge >= 0.3 is 12.4 Å². The van der Waals surface area contributed by atoms with E-state index in [0.717, 1.165) is 0 Å². The van der Waals surface area contributed by atoms with Crippen molar-refractivity contribution < 1.29 is 31.1 Å². The first-order valence-electron chi connectivity index (χ1n) is 6.94. The number of hydrogen-bond acceptors (Lipinski definition) is 3. The zero-order valence-corrected chi connectivity index (χ0v) is 12.5. The highest BCUT2D eigenvalue weighted by Crippen LogP contribution is 2.36. The number of hydrogen-bond donors (Lipinski definition) is 2. The number of H-pyrrole nitrogens is 1. The summed E-state index contributed by atoms with van der Waals surface area (Å²) in [6.07, 6.45) is -7.26. The van der Waals surface area contributed by atoms with Crippen LogP contribution in [0.2, 0.25) is 0 Å². The summed E-state index contributed by atoms with van der Waals surface area (Å²) in [4.78, 5) is 22.5. The summed E-state index contributed by atoms with van der Waals surface area (Å²) in [6, 6.07) is 2.14. The van der Waals surface area contributed by atoms with E-state index in [1.807, 2.05) is 0 Å². The van der Waals surface area contributed by atoms with E-state index in [9.17, 15) is 31.1 Å². The molecule has 2 heterocycles. The maximum Gasteiger partial charge on any atom is 0.416 e. The Kier molecular flexibility index (Phi) is 4.09. The zero-order valence-electron chi connectivity index (χ0n) is 12.5. The molecule has 3 aromatic rings. The van der Waals surface area contributed by atoms with Gasteiger partial charge in [0.15, 0.2) is 0 Å². The van der Waals surface area contributed by atoms with Crippen molar-refractivity contribution >= 4 is 22.9 Å². The highest BCUT2D eigenvalue weighted by molar-refractivity contribution is 6.04. The summed E-state index contributed by atoms with van der Waals surface area (Å²) in [6.45, 7) is 0. The van der Waals surface area contributed by atoms with Crippen LogP contribution in [0.5, 0.6) is 0 Å². The molecule has 0 aliphatic rings. The molecule has 0 aliphatic carbocycles. The third-order valence-electron chi connectivity index (χ3n) is 3.37. The number of rotatable bonds is 2. The minimum Gasteiger partial charge on any atom is -0.323 e. The van der Waals surface area contributed by atoms with Gasteiger partial charge in [0, 0.05) is 11.8 Å². The molecular weight excluding hydrogens is 366 g/mol. The molecule has 3 rings (SSSR count). The highest BCUT2D eigenvalue weighted by atomic mass is 19.4. The Morgan fingerprint density at radius 1 is 1.00 bits per heavy atom. The Labute approximate surface area is 141 Å². The van der Waals surface area contributed by atoms with E-state index in [0.29, 0.717) is 23.2 Å². The molecule has 0 unspecified atom stereocenters. The van der Waals surface area contributed by atoms with Crippen LogP contribution >= 0.6 is 0 Å². The number of anilines is 1. The van der Waals surface area contributed by atoms with Gasteiger partial charge in [0.05, 0.1) is 28.4 Å². The van der Waals surface area contributed by atoms with E-state index in [-0.39, 0.29) is 12.0 Å². The van der Waals surface area contributed by atoms with Gasteiger partial charge in [-0.15, -0.1) is 0 Å². The van der Waals surface area contributed by atoms with Crippen LogP contribution in [0.15, 0.2) is 36.7 Å². The molecular formula is C15H8F6N4O. The maximum atomic E-state index is 12.8. The van der Waals surface area contributed by atoms with Crippen LogP contribution in [-0.2, 0) is 12.4 Å². The van der Waals surface area contributed by atoms with Gasteiger partial charge in [0.25, 0.3) is 5.91 Å².